The van der Waals surface area contributed by atoms with E-state index in [2.05, 4.69) is 114 Å². The molecule has 0 aliphatic carbocycles. The molecule has 50 heavy (non-hydrogen) atoms. The number of fused-ring (bicyclic) bond motifs is 3. The first-order valence-electron chi connectivity index (χ1n) is 16.4. The quantitative estimate of drug-likeness (QED) is 0.138. The SMILES string of the molecule is N#Cc1cc(-c2ccc(-n3c4ccccc4c4cc(C#N)ccc43)cc2C#N)cc([Si](c2ccccc2)(c2ccccc2)c2ccccc2)c1. The Bertz CT molecular complexity index is 2580. The van der Waals surface area contributed by atoms with Crippen LogP contribution in [0.15, 0.2) is 170 Å². The first-order chi connectivity index (χ1) is 24.6. The van der Waals surface area contributed by atoms with Crippen LogP contribution in [0.1, 0.15) is 16.7 Å². The average Bonchev–Trinajstić information content (AvgIpc) is 3.52. The molecule has 0 unspecified atom stereocenters. The number of nitriles is 3. The maximum atomic E-state index is 10.6. The lowest BCUT2D eigenvalue weighted by Crippen LogP contribution is -2.74. The molecule has 0 radical (unpaired) electrons. The molecule has 7 aromatic carbocycles. The highest BCUT2D eigenvalue weighted by Gasteiger charge is 2.41. The van der Waals surface area contributed by atoms with Crippen LogP contribution in [0, 0.1) is 34.0 Å². The Kier molecular flexibility index (Phi) is 7.63. The lowest BCUT2D eigenvalue weighted by molar-refractivity contribution is 1.18. The molecule has 0 aliphatic rings. The third-order valence-electron chi connectivity index (χ3n) is 9.61. The number of nitrogens with zero attached hydrogens (tertiary/aromatic N) is 4. The molecular formula is C45H28N4Si. The maximum absolute atomic E-state index is 10.6. The Morgan fingerprint density at radius 2 is 1.00 bits per heavy atom. The van der Waals surface area contributed by atoms with Gasteiger partial charge in [0.25, 0.3) is 0 Å². The Labute approximate surface area is 291 Å². The van der Waals surface area contributed by atoms with Gasteiger partial charge in [0.05, 0.1) is 45.9 Å². The first-order valence-corrected chi connectivity index (χ1v) is 18.4. The normalized spacial score (nSPS) is 11.1. The third-order valence-corrected chi connectivity index (χ3v) is 14.4. The van der Waals surface area contributed by atoms with E-state index in [0.717, 1.165) is 43.8 Å². The molecule has 0 fully saturated rings. The van der Waals surface area contributed by atoms with Gasteiger partial charge in [-0.2, -0.15) is 15.8 Å². The molecule has 0 bridgehead atoms. The second-order valence-corrected chi connectivity index (χ2v) is 16.1. The smallest absolute Gasteiger partial charge is 0.179 e. The number of rotatable bonds is 6. The van der Waals surface area contributed by atoms with Gasteiger partial charge in [-0.1, -0.05) is 121 Å². The summed E-state index contributed by atoms with van der Waals surface area (Å²) in [6, 6.07) is 64.9. The standard InChI is InChI=1S/C45H28N4Si/c46-29-32-20-23-45-43(26-32)42-18-10-11-19-44(42)49(45)36-21-22-41(35(27-36)31-48)34-24-33(30-47)25-40(28-34)50(37-12-4-1-5-13-37,38-14-6-2-7-15-38)39-16-8-3-9-17-39/h1-28H. The van der Waals surface area contributed by atoms with E-state index in [4.69, 9.17) is 0 Å². The number of para-hydroxylation sites is 1. The highest BCUT2D eigenvalue weighted by atomic mass is 28.3. The van der Waals surface area contributed by atoms with Crippen molar-refractivity contribution in [1.29, 1.82) is 15.8 Å². The number of hydrogen-bond donors (Lipinski definition) is 0. The Hall–Kier alpha value is -6.97. The van der Waals surface area contributed by atoms with Crippen LogP contribution in [0.4, 0.5) is 0 Å². The summed E-state index contributed by atoms with van der Waals surface area (Å²) in [5, 5.41) is 37.4. The Balaban J connectivity index is 1.37. The van der Waals surface area contributed by atoms with Crippen LogP contribution < -0.4 is 20.7 Å². The van der Waals surface area contributed by atoms with Gasteiger partial charge >= 0.3 is 0 Å². The van der Waals surface area contributed by atoms with E-state index in [-0.39, 0.29) is 0 Å². The zero-order valence-corrected chi connectivity index (χ0v) is 28.0. The summed E-state index contributed by atoms with van der Waals surface area (Å²) < 4.78 is 2.14. The van der Waals surface area contributed by atoms with Gasteiger partial charge < -0.3 is 4.57 Å². The summed E-state index contributed by atoms with van der Waals surface area (Å²) in [5.74, 6) is 0. The predicted molar refractivity (Wildman–Crippen MR) is 204 cm³/mol. The predicted octanol–water partition coefficient (Wildman–Crippen LogP) is 7.44. The van der Waals surface area contributed by atoms with Crippen molar-refractivity contribution in [2.75, 3.05) is 0 Å². The highest BCUT2D eigenvalue weighted by molar-refractivity contribution is 7.19. The molecule has 0 N–H and O–H groups in total. The van der Waals surface area contributed by atoms with Crippen molar-refractivity contribution in [2.24, 2.45) is 0 Å². The molecule has 5 heteroatoms. The molecule has 0 saturated heterocycles. The molecule has 232 valence electrons. The van der Waals surface area contributed by atoms with Gasteiger partial charge in [-0.3, -0.25) is 0 Å². The minimum Gasteiger partial charge on any atom is -0.309 e. The third kappa shape index (κ3) is 4.88. The van der Waals surface area contributed by atoms with Crippen LogP contribution in [0.25, 0.3) is 38.6 Å². The summed E-state index contributed by atoms with van der Waals surface area (Å²) in [5.41, 5.74) is 6.03. The number of benzene rings is 7. The second kappa shape index (κ2) is 12.6. The highest BCUT2D eigenvalue weighted by Crippen LogP contribution is 2.34. The first kappa shape index (κ1) is 30.4. The summed E-state index contributed by atoms with van der Waals surface area (Å²) in [6.45, 7) is 0. The number of hydrogen-bond acceptors (Lipinski definition) is 3. The molecule has 0 saturated carbocycles. The van der Waals surface area contributed by atoms with Gasteiger partial charge in [0.1, 0.15) is 0 Å². The van der Waals surface area contributed by atoms with Crippen LogP contribution in [0.5, 0.6) is 0 Å². The molecule has 0 atom stereocenters. The van der Waals surface area contributed by atoms with Crippen LogP contribution in [-0.4, -0.2) is 12.6 Å². The van der Waals surface area contributed by atoms with E-state index in [1.54, 1.807) is 0 Å². The van der Waals surface area contributed by atoms with Gasteiger partial charge in [0.15, 0.2) is 8.07 Å². The molecule has 0 aliphatic heterocycles. The fraction of sp³-hybridized carbons (Fsp3) is 0. The summed E-state index contributed by atoms with van der Waals surface area (Å²) >= 11 is 0. The van der Waals surface area contributed by atoms with Gasteiger partial charge in [0, 0.05) is 16.5 Å². The largest absolute Gasteiger partial charge is 0.309 e. The van der Waals surface area contributed by atoms with E-state index in [1.165, 1.54) is 15.6 Å². The van der Waals surface area contributed by atoms with Crippen molar-refractivity contribution in [3.63, 3.8) is 0 Å². The molecule has 1 aromatic heterocycles. The van der Waals surface area contributed by atoms with E-state index in [1.807, 2.05) is 78.9 Å². The van der Waals surface area contributed by atoms with Crippen molar-refractivity contribution < 1.29 is 0 Å². The van der Waals surface area contributed by atoms with E-state index >= 15 is 0 Å². The second-order valence-electron chi connectivity index (χ2n) is 12.3. The van der Waals surface area contributed by atoms with Crippen molar-refractivity contribution in [1.82, 2.24) is 4.57 Å². The number of aromatic nitrogens is 1. The Morgan fingerprint density at radius 1 is 0.420 bits per heavy atom. The summed E-state index contributed by atoms with van der Waals surface area (Å²) in [4.78, 5) is 0. The van der Waals surface area contributed by atoms with Crippen LogP contribution in [0.2, 0.25) is 0 Å². The zero-order valence-electron chi connectivity index (χ0n) is 27.0. The summed E-state index contributed by atoms with van der Waals surface area (Å²) in [6.07, 6.45) is 0. The van der Waals surface area contributed by atoms with Crippen molar-refractivity contribution in [3.05, 3.63) is 187 Å². The van der Waals surface area contributed by atoms with Crippen molar-refractivity contribution in [3.8, 4) is 35.0 Å². The molecule has 0 spiro atoms. The topological polar surface area (TPSA) is 76.3 Å². The van der Waals surface area contributed by atoms with Crippen molar-refractivity contribution >= 4 is 50.6 Å². The minimum atomic E-state index is -2.92. The average molecular weight is 653 g/mol. The van der Waals surface area contributed by atoms with E-state index in [9.17, 15) is 15.8 Å². The fourth-order valence-corrected chi connectivity index (χ4v) is 12.3. The monoisotopic (exact) mass is 652 g/mol. The van der Waals surface area contributed by atoms with Gasteiger partial charge in [-0.25, -0.2) is 0 Å². The summed E-state index contributed by atoms with van der Waals surface area (Å²) in [7, 11) is -2.92. The molecule has 8 rings (SSSR count). The molecule has 1 heterocycles. The molecule has 4 nitrogen and oxygen atoms in total. The van der Waals surface area contributed by atoms with Gasteiger partial charge in [0.2, 0.25) is 0 Å². The van der Waals surface area contributed by atoms with E-state index in [0.29, 0.717) is 16.7 Å². The lowest BCUT2D eigenvalue weighted by atomic mass is 9.98. The fourth-order valence-electron chi connectivity index (χ4n) is 7.46. The minimum absolute atomic E-state index is 0.509. The van der Waals surface area contributed by atoms with Crippen LogP contribution in [0.3, 0.4) is 0 Å². The maximum Gasteiger partial charge on any atom is 0.179 e. The van der Waals surface area contributed by atoms with Gasteiger partial charge in [-0.15, -0.1) is 0 Å². The Morgan fingerprint density at radius 3 is 1.60 bits per heavy atom. The van der Waals surface area contributed by atoms with E-state index < -0.39 is 8.07 Å². The van der Waals surface area contributed by atoms with Crippen LogP contribution in [-0.2, 0) is 0 Å². The lowest BCUT2D eigenvalue weighted by Gasteiger charge is -2.35. The van der Waals surface area contributed by atoms with Crippen molar-refractivity contribution in [2.45, 2.75) is 0 Å². The van der Waals surface area contributed by atoms with Gasteiger partial charge in [-0.05, 0) is 80.4 Å². The van der Waals surface area contributed by atoms with Crippen LogP contribution >= 0.6 is 0 Å². The zero-order chi connectivity index (χ0) is 34.1. The molecule has 0 amide bonds. The molecular weight excluding hydrogens is 625 g/mol. The molecule has 8 aromatic rings.